The van der Waals surface area contributed by atoms with Crippen LogP contribution < -0.4 is 0 Å². The number of rotatable bonds is 3. The minimum absolute atomic E-state index is 0.712. The molecule has 2 heterocycles. The monoisotopic (exact) mass is 598 g/mol. The first-order valence-corrected chi connectivity index (χ1v) is 15.9. The van der Waals surface area contributed by atoms with Gasteiger partial charge in [-0.25, -0.2) is 9.97 Å². The molecule has 3 nitrogen and oxygen atoms in total. The average Bonchev–Trinajstić information content (AvgIpc) is 3.55. The maximum atomic E-state index is 6.81. The van der Waals surface area contributed by atoms with Crippen molar-refractivity contribution >= 4 is 65.2 Å². The van der Waals surface area contributed by atoms with Crippen molar-refractivity contribution in [2.24, 2.45) is 0 Å². The molecule has 0 amide bonds. The Balaban J connectivity index is 1.27. The van der Waals surface area contributed by atoms with Crippen LogP contribution in [0, 0.1) is 0 Å². The smallest absolute Gasteiger partial charge is 0.161 e. The predicted molar refractivity (Wildman–Crippen MR) is 196 cm³/mol. The highest BCUT2D eigenvalue weighted by molar-refractivity contribution is 6.29. The van der Waals surface area contributed by atoms with Crippen LogP contribution in [-0.4, -0.2) is 9.97 Å². The molecule has 0 radical (unpaired) electrons. The Kier molecular flexibility index (Phi) is 5.57. The lowest BCUT2D eigenvalue weighted by Gasteiger charge is -2.14. The highest BCUT2D eigenvalue weighted by Gasteiger charge is 2.21. The molecule has 0 saturated heterocycles. The number of nitrogens with zero attached hydrogens (tertiary/aromatic N) is 2. The Labute approximate surface area is 270 Å². The predicted octanol–water partition coefficient (Wildman–Crippen LogP) is 12.0. The van der Waals surface area contributed by atoms with Crippen molar-refractivity contribution in [3.63, 3.8) is 0 Å². The van der Waals surface area contributed by atoms with Crippen molar-refractivity contribution in [3.8, 4) is 33.8 Å². The lowest BCUT2D eigenvalue weighted by atomic mass is 9.91. The molecule has 0 spiro atoms. The molecule has 8 aromatic carbocycles. The van der Waals surface area contributed by atoms with E-state index in [0.717, 1.165) is 71.6 Å². The van der Waals surface area contributed by atoms with Gasteiger partial charge in [0.25, 0.3) is 0 Å². The summed E-state index contributed by atoms with van der Waals surface area (Å²) in [7, 11) is 0. The molecule has 218 valence electrons. The van der Waals surface area contributed by atoms with Crippen molar-refractivity contribution in [2.75, 3.05) is 0 Å². The highest BCUT2D eigenvalue weighted by Crippen LogP contribution is 2.45. The van der Waals surface area contributed by atoms with Gasteiger partial charge in [-0.15, -0.1) is 0 Å². The molecular weight excluding hydrogens is 572 g/mol. The van der Waals surface area contributed by atoms with Crippen molar-refractivity contribution in [1.29, 1.82) is 0 Å². The molecule has 0 aliphatic heterocycles. The van der Waals surface area contributed by atoms with E-state index in [-0.39, 0.29) is 0 Å². The lowest BCUT2D eigenvalue weighted by Crippen LogP contribution is -1.96. The fraction of sp³-hybridized carbons (Fsp3) is 0. The SMILES string of the molecule is c1ccc(-c2nc(-c3ccc(-c4cc5ccccc5c5c4oc4ccc6ccccc6c45)c4ccccc34)nc3ccccc23)cc1. The normalized spacial score (nSPS) is 11.8. The summed E-state index contributed by atoms with van der Waals surface area (Å²) in [6.07, 6.45) is 0. The highest BCUT2D eigenvalue weighted by atomic mass is 16.3. The van der Waals surface area contributed by atoms with Crippen LogP contribution in [0.1, 0.15) is 0 Å². The Bertz CT molecular complexity index is 2850. The summed E-state index contributed by atoms with van der Waals surface area (Å²) in [5.74, 6) is 0.712. The second kappa shape index (κ2) is 10.1. The van der Waals surface area contributed by atoms with Crippen LogP contribution in [0.15, 0.2) is 162 Å². The molecule has 10 rings (SSSR count). The number of fused-ring (bicyclic) bond motifs is 9. The van der Waals surface area contributed by atoms with Crippen LogP contribution in [0.3, 0.4) is 0 Å². The largest absolute Gasteiger partial charge is 0.455 e. The first-order valence-electron chi connectivity index (χ1n) is 15.9. The molecule has 3 heteroatoms. The second-order valence-corrected chi connectivity index (χ2v) is 12.1. The fourth-order valence-electron chi connectivity index (χ4n) is 7.33. The Morgan fingerprint density at radius 3 is 1.83 bits per heavy atom. The van der Waals surface area contributed by atoms with Crippen LogP contribution in [0.2, 0.25) is 0 Å². The molecule has 0 saturated carbocycles. The summed E-state index contributed by atoms with van der Waals surface area (Å²) in [5, 5.41) is 10.4. The van der Waals surface area contributed by atoms with Crippen molar-refractivity contribution in [2.45, 2.75) is 0 Å². The molecular formula is C44H26N2O. The van der Waals surface area contributed by atoms with Crippen LogP contribution >= 0.6 is 0 Å². The van der Waals surface area contributed by atoms with Crippen LogP contribution in [-0.2, 0) is 0 Å². The quantitative estimate of drug-likeness (QED) is 0.203. The van der Waals surface area contributed by atoms with E-state index in [1.54, 1.807) is 0 Å². The van der Waals surface area contributed by atoms with Gasteiger partial charge in [-0.2, -0.15) is 0 Å². The molecule has 0 unspecified atom stereocenters. The third-order valence-electron chi connectivity index (χ3n) is 9.46. The minimum atomic E-state index is 0.712. The van der Waals surface area contributed by atoms with Crippen LogP contribution in [0.4, 0.5) is 0 Å². The van der Waals surface area contributed by atoms with Crippen molar-refractivity contribution < 1.29 is 4.42 Å². The Hall–Kier alpha value is -6.32. The van der Waals surface area contributed by atoms with Gasteiger partial charge in [0, 0.05) is 32.8 Å². The minimum Gasteiger partial charge on any atom is -0.455 e. The van der Waals surface area contributed by atoms with E-state index < -0.39 is 0 Å². The lowest BCUT2D eigenvalue weighted by molar-refractivity contribution is 0.670. The molecule has 0 N–H and O–H groups in total. The van der Waals surface area contributed by atoms with E-state index in [9.17, 15) is 0 Å². The van der Waals surface area contributed by atoms with E-state index in [1.165, 1.54) is 21.5 Å². The van der Waals surface area contributed by atoms with Gasteiger partial charge in [-0.3, -0.25) is 0 Å². The van der Waals surface area contributed by atoms with Gasteiger partial charge in [0.15, 0.2) is 5.82 Å². The summed E-state index contributed by atoms with van der Waals surface area (Å²) >= 11 is 0. The van der Waals surface area contributed by atoms with Crippen LogP contribution in [0.25, 0.3) is 98.9 Å². The van der Waals surface area contributed by atoms with Gasteiger partial charge < -0.3 is 4.42 Å². The first kappa shape index (κ1) is 26.0. The Morgan fingerprint density at radius 1 is 0.404 bits per heavy atom. The number of benzene rings is 8. The van der Waals surface area contributed by atoms with Gasteiger partial charge >= 0.3 is 0 Å². The maximum Gasteiger partial charge on any atom is 0.161 e. The van der Waals surface area contributed by atoms with E-state index in [4.69, 9.17) is 14.4 Å². The van der Waals surface area contributed by atoms with E-state index in [0.29, 0.717) is 5.82 Å². The number of hydrogen-bond acceptors (Lipinski definition) is 3. The second-order valence-electron chi connectivity index (χ2n) is 12.1. The van der Waals surface area contributed by atoms with E-state index >= 15 is 0 Å². The molecule has 0 aliphatic carbocycles. The Morgan fingerprint density at radius 2 is 1.02 bits per heavy atom. The zero-order valence-electron chi connectivity index (χ0n) is 25.3. The number of para-hydroxylation sites is 1. The van der Waals surface area contributed by atoms with Crippen LogP contribution in [0.5, 0.6) is 0 Å². The molecule has 2 aromatic heterocycles. The van der Waals surface area contributed by atoms with Gasteiger partial charge in [0.05, 0.1) is 11.2 Å². The molecule has 0 bridgehead atoms. The van der Waals surface area contributed by atoms with E-state index in [1.807, 2.05) is 18.2 Å². The number of hydrogen-bond donors (Lipinski definition) is 0. The molecule has 10 aromatic rings. The first-order chi connectivity index (χ1) is 23.3. The standard InChI is InChI=1S/C44H26N2O/c1-2-13-28(14-3-1)42-36-20-10-11-21-38(36)45-44(46-42)35-24-23-34(32-18-8-9-19-33(32)35)37-26-29-15-5-7-17-31(29)41-40-30-16-6-4-12-27(30)22-25-39(40)47-43(37)41/h1-26H. The molecule has 0 fully saturated rings. The van der Waals surface area contributed by atoms with Crippen molar-refractivity contribution in [1.82, 2.24) is 9.97 Å². The summed E-state index contributed by atoms with van der Waals surface area (Å²) in [6.45, 7) is 0. The van der Waals surface area contributed by atoms with Gasteiger partial charge in [-0.05, 0) is 62.1 Å². The average molecular weight is 599 g/mol. The summed E-state index contributed by atoms with van der Waals surface area (Å²) in [4.78, 5) is 10.3. The zero-order valence-corrected chi connectivity index (χ0v) is 25.3. The topological polar surface area (TPSA) is 38.9 Å². The van der Waals surface area contributed by atoms with Crippen molar-refractivity contribution in [3.05, 3.63) is 158 Å². The zero-order chi connectivity index (χ0) is 30.9. The van der Waals surface area contributed by atoms with Gasteiger partial charge in [0.2, 0.25) is 0 Å². The summed E-state index contributed by atoms with van der Waals surface area (Å²) < 4.78 is 6.81. The maximum absolute atomic E-state index is 6.81. The number of furan rings is 1. The van der Waals surface area contributed by atoms with E-state index in [2.05, 4.69) is 140 Å². The molecule has 47 heavy (non-hydrogen) atoms. The van der Waals surface area contributed by atoms with Gasteiger partial charge in [0.1, 0.15) is 11.2 Å². The summed E-state index contributed by atoms with van der Waals surface area (Å²) in [5.41, 5.74) is 7.93. The van der Waals surface area contributed by atoms with Gasteiger partial charge in [-0.1, -0.05) is 133 Å². The third kappa shape index (κ3) is 3.93. The molecule has 0 aliphatic rings. The number of aromatic nitrogens is 2. The summed E-state index contributed by atoms with van der Waals surface area (Å²) in [6, 6.07) is 55.4. The molecule has 0 atom stereocenters. The fourth-order valence-corrected chi connectivity index (χ4v) is 7.33. The third-order valence-corrected chi connectivity index (χ3v) is 9.46.